The van der Waals surface area contributed by atoms with Gasteiger partial charge in [0.25, 0.3) is 0 Å². The Morgan fingerprint density at radius 2 is 2.19 bits per heavy atom. The number of ether oxygens (including phenoxy) is 1. The van der Waals surface area contributed by atoms with Crippen LogP contribution in [0.1, 0.15) is 18.0 Å². The maximum absolute atomic E-state index is 11.0. The SMILES string of the molecule is COC(=O)CC(N)c1ccc(N=[N+]=[N-])cc1. The molecule has 0 fully saturated rings. The summed E-state index contributed by atoms with van der Waals surface area (Å²) in [5.74, 6) is -0.355. The van der Waals surface area contributed by atoms with Crippen molar-refractivity contribution in [2.24, 2.45) is 10.8 Å². The zero-order chi connectivity index (χ0) is 12.0. The number of benzene rings is 1. The Kier molecular flexibility index (Phi) is 4.32. The van der Waals surface area contributed by atoms with Gasteiger partial charge in [0.15, 0.2) is 0 Å². The highest BCUT2D eigenvalue weighted by Crippen LogP contribution is 2.19. The van der Waals surface area contributed by atoms with Crippen molar-refractivity contribution >= 4 is 11.7 Å². The number of esters is 1. The molecule has 0 aliphatic heterocycles. The van der Waals surface area contributed by atoms with E-state index in [0.717, 1.165) is 5.56 Å². The average molecular weight is 220 g/mol. The van der Waals surface area contributed by atoms with Crippen molar-refractivity contribution in [3.63, 3.8) is 0 Å². The molecule has 1 unspecified atom stereocenters. The van der Waals surface area contributed by atoms with Crippen LogP contribution in [0.5, 0.6) is 0 Å². The highest BCUT2D eigenvalue weighted by molar-refractivity contribution is 5.70. The topological polar surface area (TPSA) is 101 Å². The first kappa shape index (κ1) is 12.0. The predicted molar refractivity (Wildman–Crippen MR) is 58.8 cm³/mol. The van der Waals surface area contributed by atoms with Crippen LogP contribution in [0.3, 0.4) is 0 Å². The van der Waals surface area contributed by atoms with Crippen LogP contribution in [0.15, 0.2) is 29.4 Å². The van der Waals surface area contributed by atoms with Gasteiger partial charge >= 0.3 is 5.97 Å². The van der Waals surface area contributed by atoms with Crippen LogP contribution >= 0.6 is 0 Å². The summed E-state index contributed by atoms with van der Waals surface area (Å²) >= 11 is 0. The Balaban J connectivity index is 2.73. The molecular weight excluding hydrogens is 208 g/mol. The molecule has 1 aromatic carbocycles. The van der Waals surface area contributed by atoms with E-state index in [4.69, 9.17) is 11.3 Å². The van der Waals surface area contributed by atoms with E-state index in [9.17, 15) is 4.79 Å². The van der Waals surface area contributed by atoms with Crippen LogP contribution in [0.4, 0.5) is 5.69 Å². The molecule has 0 amide bonds. The molecule has 6 nitrogen and oxygen atoms in total. The number of carbonyl (C=O) groups is 1. The molecule has 1 rings (SSSR count). The van der Waals surface area contributed by atoms with Gasteiger partial charge in [-0.2, -0.15) is 0 Å². The van der Waals surface area contributed by atoms with Crippen LogP contribution in [-0.2, 0) is 9.53 Å². The fourth-order valence-corrected chi connectivity index (χ4v) is 1.22. The molecular formula is C10H12N4O2. The molecule has 16 heavy (non-hydrogen) atoms. The van der Waals surface area contributed by atoms with Gasteiger partial charge < -0.3 is 10.5 Å². The number of nitrogens with zero attached hydrogens (tertiary/aromatic N) is 3. The zero-order valence-corrected chi connectivity index (χ0v) is 8.83. The summed E-state index contributed by atoms with van der Waals surface area (Å²) in [7, 11) is 1.32. The number of methoxy groups -OCH3 is 1. The van der Waals surface area contributed by atoms with Crippen LogP contribution in [0.2, 0.25) is 0 Å². The fourth-order valence-electron chi connectivity index (χ4n) is 1.22. The molecule has 1 aromatic rings. The summed E-state index contributed by atoms with van der Waals surface area (Å²) in [5.41, 5.74) is 15.3. The Labute approximate surface area is 92.6 Å². The first-order chi connectivity index (χ1) is 7.67. The van der Waals surface area contributed by atoms with Crippen LogP contribution in [0.25, 0.3) is 10.4 Å². The second-order valence-corrected chi connectivity index (χ2v) is 3.17. The molecule has 0 aromatic heterocycles. The number of nitrogens with two attached hydrogens (primary N) is 1. The van der Waals surface area contributed by atoms with Crippen molar-refractivity contribution < 1.29 is 9.53 Å². The van der Waals surface area contributed by atoms with Crippen molar-refractivity contribution in [3.05, 3.63) is 40.3 Å². The monoisotopic (exact) mass is 220 g/mol. The molecule has 0 spiro atoms. The fraction of sp³-hybridized carbons (Fsp3) is 0.300. The van der Waals surface area contributed by atoms with Crippen LogP contribution < -0.4 is 5.73 Å². The largest absolute Gasteiger partial charge is 0.469 e. The minimum atomic E-state index is -0.410. The van der Waals surface area contributed by atoms with E-state index >= 15 is 0 Å². The summed E-state index contributed by atoms with van der Waals surface area (Å²) in [5, 5.41) is 3.43. The number of hydrogen-bond acceptors (Lipinski definition) is 4. The van der Waals surface area contributed by atoms with Gasteiger partial charge in [0.05, 0.1) is 13.5 Å². The first-order valence-corrected chi connectivity index (χ1v) is 4.65. The van der Waals surface area contributed by atoms with Crippen molar-refractivity contribution in [1.29, 1.82) is 0 Å². The Bertz CT molecular complexity index is 409. The van der Waals surface area contributed by atoms with E-state index in [0.29, 0.717) is 5.69 Å². The molecule has 0 heterocycles. The summed E-state index contributed by atoms with van der Waals surface area (Å²) < 4.78 is 4.52. The van der Waals surface area contributed by atoms with Crippen molar-refractivity contribution in [2.45, 2.75) is 12.5 Å². The lowest BCUT2D eigenvalue weighted by molar-refractivity contribution is -0.141. The summed E-state index contributed by atoms with van der Waals surface area (Å²) in [4.78, 5) is 13.7. The third-order valence-electron chi connectivity index (χ3n) is 2.10. The smallest absolute Gasteiger partial charge is 0.307 e. The molecule has 0 bridgehead atoms. The second kappa shape index (κ2) is 5.75. The Morgan fingerprint density at radius 3 is 2.69 bits per heavy atom. The van der Waals surface area contributed by atoms with E-state index in [2.05, 4.69) is 14.8 Å². The van der Waals surface area contributed by atoms with Crippen molar-refractivity contribution in [1.82, 2.24) is 0 Å². The van der Waals surface area contributed by atoms with E-state index in [1.807, 2.05) is 0 Å². The molecule has 0 aliphatic rings. The normalized spacial score (nSPS) is 11.4. The quantitative estimate of drug-likeness (QED) is 0.364. The van der Waals surface area contributed by atoms with Gasteiger partial charge in [-0.25, -0.2) is 0 Å². The van der Waals surface area contributed by atoms with E-state index in [1.165, 1.54) is 7.11 Å². The standard InChI is InChI=1S/C10H12N4O2/c1-16-10(15)6-9(11)7-2-4-8(5-3-7)13-14-12/h2-5,9H,6,11H2,1H3. The average Bonchev–Trinajstić information content (AvgIpc) is 2.30. The molecule has 0 saturated carbocycles. The van der Waals surface area contributed by atoms with Gasteiger partial charge in [-0.1, -0.05) is 29.4 Å². The van der Waals surface area contributed by atoms with Gasteiger partial charge in [-0.3, -0.25) is 4.79 Å². The zero-order valence-electron chi connectivity index (χ0n) is 8.83. The second-order valence-electron chi connectivity index (χ2n) is 3.17. The highest BCUT2D eigenvalue weighted by Gasteiger charge is 2.11. The van der Waals surface area contributed by atoms with Crippen molar-refractivity contribution in [2.75, 3.05) is 7.11 Å². The minimum Gasteiger partial charge on any atom is -0.469 e. The van der Waals surface area contributed by atoms with Crippen LogP contribution in [0, 0.1) is 0 Å². The molecule has 0 aliphatic carbocycles. The molecule has 2 N–H and O–H groups in total. The predicted octanol–water partition coefficient (Wildman–Crippen LogP) is 2.19. The lowest BCUT2D eigenvalue weighted by atomic mass is 10.0. The number of hydrogen-bond donors (Lipinski definition) is 1. The van der Waals surface area contributed by atoms with E-state index < -0.39 is 6.04 Å². The van der Waals surface area contributed by atoms with Gasteiger partial charge in [0, 0.05) is 16.6 Å². The van der Waals surface area contributed by atoms with Gasteiger partial charge in [0.1, 0.15) is 0 Å². The third kappa shape index (κ3) is 3.27. The number of rotatable bonds is 4. The Morgan fingerprint density at radius 1 is 1.56 bits per heavy atom. The van der Waals surface area contributed by atoms with Crippen LogP contribution in [-0.4, -0.2) is 13.1 Å². The first-order valence-electron chi connectivity index (χ1n) is 4.65. The minimum absolute atomic E-state index is 0.122. The van der Waals surface area contributed by atoms with Gasteiger partial charge in [0.2, 0.25) is 0 Å². The lowest BCUT2D eigenvalue weighted by Crippen LogP contribution is -2.16. The number of azide groups is 1. The molecule has 6 heteroatoms. The Hall–Kier alpha value is -2.04. The summed E-state index contributed by atoms with van der Waals surface area (Å²) in [6, 6.07) is 6.32. The van der Waals surface area contributed by atoms with Gasteiger partial charge in [-0.15, -0.1) is 0 Å². The molecule has 0 radical (unpaired) electrons. The molecule has 84 valence electrons. The maximum Gasteiger partial charge on any atom is 0.307 e. The maximum atomic E-state index is 11.0. The highest BCUT2D eigenvalue weighted by atomic mass is 16.5. The third-order valence-corrected chi connectivity index (χ3v) is 2.10. The van der Waals surface area contributed by atoms with Gasteiger partial charge in [-0.05, 0) is 11.1 Å². The summed E-state index contributed by atoms with van der Waals surface area (Å²) in [6.45, 7) is 0. The van der Waals surface area contributed by atoms with E-state index in [-0.39, 0.29) is 12.4 Å². The summed E-state index contributed by atoms with van der Waals surface area (Å²) in [6.07, 6.45) is 0.122. The van der Waals surface area contributed by atoms with E-state index in [1.54, 1.807) is 24.3 Å². The lowest BCUT2D eigenvalue weighted by Gasteiger charge is -2.10. The molecule has 0 saturated heterocycles. The molecule has 1 atom stereocenters. The number of carbonyl (C=O) groups excluding carboxylic acids is 1. The van der Waals surface area contributed by atoms with Crippen molar-refractivity contribution in [3.8, 4) is 0 Å².